The summed E-state index contributed by atoms with van der Waals surface area (Å²) in [6, 6.07) is 13.0. The van der Waals surface area contributed by atoms with Gasteiger partial charge in [0, 0.05) is 12.1 Å². The quantitative estimate of drug-likeness (QED) is 0.296. The number of benzene rings is 2. The van der Waals surface area contributed by atoms with Gasteiger partial charge in [0.2, 0.25) is 0 Å². The minimum absolute atomic E-state index is 0.132. The number of hydrogen-bond acceptors (Lipinski definition) is 7. The van der Waals surface area contributed by atoms with E-state index in [9.17, 15) is 19.7 Å². The van der Waals surface area contributed by atoms with Gasteiger partial charge in [-0.2, -0.15) is 0 Å². The number of non-ortho nitro benzene ring substituents is 1. The summed E-state index contributed by atoms with van der Waals surface area (Å²) in [5.74, 6) is -0.211. The number of fused-ring (bicyclic) bond motifs is 1. The van der Waals surface area contributed by atoms with Crippen LogP contribution in [0.1, 0.15) is 56.3 Å². The lowest BCUT2D eigenvalue weighted by molar-refractivity contribution is -0.384. The summed E-state index contributed by atoms with van der Waals surface area (Å²) in [4.78, 5) is 42.4. The molecule has 1 atom stereocenters. The average Bonchev–Trinajstić information content (AvgIpc) is 3.13. The zero-order chi connectivity index (χ0) is 25.3. The van der Waals surface area contributed by atoms with Gasteiger partial charge in [-0.25, -0.2) is 9.79 Å². The van der Waals surface area contributed by atoms with Gasteiger partial charge in [0.25, 0.3) is 11.2 Å². The molecule has 35 heavy (non-hydrogen) atoms. The maximum Gasteiger partial charge on any atom is 0.338 e. The lowest BCUT2D eigenvalue weighted by atomic mass is 9.95. The SMILES string of the molecule is CCOC(=O)C1=C(C)N=c2s/c(=C\c3ccc(C(C)C)cc3)c(=O)n2C1c1cccc([N+](=O)[O-])c1. The summed E-state index contributed by atoms with van der Waals surface area (Å²) >= 11 is 1.22. The standard InChI is InChI=1S/C26H25N3O5S/c1-5-34-25(31)22-16(4)27-26-28(23(22)19-7-6-8-20(14-19)29(32)33)24(30)21(35-26)13-17-9-11-18(12-10-17)15(2)3/h6-15,23H,5H2,1-4H3/b21-13-. The Kier molecular flexibility index (Phi) is 6.79. The minimum Gasteiger partial charge on any atom is -0.463 e. The fourth-order valence-corrected chi connectivity index (χ4v) is 5.09. The molecule has 9 heteroatoms. The molecule has 1 aliphatic rings. The highest BCUT2D eigenvalue weighted by Crippen LogP contribution is 2.32. The van der Waals surface area contributed by atoms with E-state index in [0.717, 1.165) is 5.56 Å². The fraction of sp³-hybridized carbons (Fsp3) is 0.269. The second-order valence-electron chi connectivity index (χ2n) is 8.48. The van der Waals surface area contributed by atoms with Crippen molar-refractivity contribution in [3.8, 4) is 0 Å². The van der Waals surface area contributed by atoms with Crippen molar-refractivity contribution in [2.45, 2.75) is 39.7 Å². The van der Waals surface area contributed by atoms with E-state index in [0.29, 0.717) is 26.5 Å². The summed E-state index contributed by atoms with van der Waals surface area (Å²) in [5, 5.41) is 11.4. The van der Waals surface area contributed by atoms with Crippen molar-refractivity contribution in [2.24, 2.45) is 4.99 Å². The van der Waals surface area contributed by atoms with Crippen LogP contribution in [0.4, 0.5) is 5.69 Å². The molecule has 0 spiro atoms. The third kappa shape index (κ3) is 4.72. The Morgan fingerprint density at radius 2 is 1.97 bits per heavy atom. The number of esters is 1. The number of ether oxygens (including phenoxy) is 1. The Hall–Kier alpha value is -3.85. The van der Waals surface area contributed by atoms with Crippen LogP contribution in [-0.2, 0) is 9.53 Å². The highest BCUT2D eigenvalue weighted by Gasteiger charge is 2.34. The molecule has 0 N–H and O–H groups in total. The van der Waals surface area contributed by atoms with Gasteiger partial charge < -0.3 is 4.74 Å². The topological polar surface area (TPSA) is 104 Å². The van der Waals surface area contributed by atoms with Crippen molar-refractivity contribution < 1.29 is 14.5 Å². The van der Waals surface area contributed by atoms with E-state index in [2.05, 4.69) is 18.8 Å². The molecule has 0 aliphatic carbocycles. The first-order chi connectivity index (χ1) is 16.7. The average molecular weight is 492 g/mol. The van der Waals surface area contributed by atoms with Gasteiger partial charge in [-0.05, 0) is 42.5 Å². The van der Waals surface area contributed by atoms with E-state index in [1.165, 1.54) is 39.7 Å². The number of nitro groups is 1. The molecular weight excluding hydrogens is 466 g/mol. The van der Waals surface area contributed by atoms with Gasteiger partial charge in [-0.1, -0.05) is 61.6 Å². The van der Waals surface area contributed by atoms with Crippen LogP contribution in [0.15, 0.2) is 69.6 Å². The fourth-order valence-electron chi connectivity index (χ4n) is 4.04. The number of allylic oxidation sites excluding steroid dienone is 1. The van der Waals surface area contributed by atoms with Crippen molar-refractivity contribution in [3.63, 3.8) is 0 Å². The largest absolute Gasteiger partial charge is 0.463 e. The zero-order valence-electron chi connectivity index (χ0n) is 19.8. The molecule has 0 fully saturated rings. The number of nitrogens with zero attached hydrogens (tertiary/aromatic N) is 3. The van der Waals surface area contributed by atoms with Gasteiger partial charge in [0.1, 0.15) is 0 Å². The normalized spacial score (nSPS) is 15.7. The van der Waals surface area contributed by atoms with E-state index < -0.39 is 16.9 Å². The zero-order valence-corrected chi connectivity index (χ0v) is 20.7. The van der Waals surface area contributed by atoms with Crippen LogP contribution >= 0.6 is 11.3 Å². The molecule has 2 aromatic carbocycles. The lowest BCUT2D eigenvalue weighted by Crippen LogP contribution is -2.40. The Morgan fingerprint density at radius 1 is 1.26 bits per heavy atom. The van der Waals surface area contributed by atoms with Crippen molar-refractivity contribution >= 4 is 29.1 Å². The Labute approximate surface area is 205 Å². The van der Waals surface area contributed by atoms with Gasteiger partial charge in [-0.15, -0.1) is 0 Å². The number of hydrogen-bond donors (Lipinski definition) is 0. The Morgan fingerprint density at radius 3 is 2.60 bits per heavy atom. The van der Waals surface area contributed by atoms with Crippen LogP contribution in [-0.4, -0.2) is 22.1 Å². The number of carbonyl (C=O) groups excluding carboxylic acids is 1. The molecule has 1 aliphatic heterocycles. The first-order valence-electron chi connectivity index (χ1n) is 11.2. The molecule has 4 rings (SSSR count). The van der Waals surface area contributed by atoms with Crippen molar-refractivity contribution in [1.29, 1.82) is 0 Å². The molecule has 0 saturated carbocycles. The van der Waals surface area contributed by atoms with Crippen molar-refractivity contribution in [3.05, 3.63) is 106 Å². The van der Waals surface area contributed by atoms with Gasteiger partial charge in [0.05, 0.1) is 33.4 Å². The predicted octanol–water partition coefficient (Wildman–Crippen LogP) is 3.83. The maximum atomic E-state index is 13.6. The molecule has 1 unspecified atom stereocenters. The van der Waals surface area contributed by atoms with Gasteiger partial charge in [-0.3, -0.25) is 19.5 Å². The molecule has 2 heterocycles. The van der Waals surface area contributed by atoms with Crippen LogP contribution < -0.4 is 14.9 Å². The number of thiazole rings is 1. The van der Waals surface area contributed by atoms with Crippen LogP contribution in [0.5, 0.6) is 0 Å². The summed E-state index contributed by atoms with van der Waals surface area (Å²) in [5.41, 5.74) is 2.64. The Balaban J connectivity index is 1.92. The molecule has 8 nitrogen and oxygen atoms in total. The molecule has 0 amide bonds. The molecular formula is C26H25N3O5S. The van der Waals surface area contributed by atoms with E-state index in [1.807, 2.05) is 24.3 Å². The number of rotatable bonds is 6. The molecule has 0 bridgehead atoms. The monoisotopic (exact) mass is 491 g/mol. The summed E-state index contributed by atoms with van der Waals surface area (Å²) in [7, 11) is 0. The highest BCUT2D eigenvalue weighted by molar-refractivity contribution is 7.07. The lowest BCUT2D eigenvalue weighted by Gasteiger charge is -2.24. The minimum atomic E-state index is -0.893. The third-order valence-electron chi connectivity index (χ3n) is 5.81. The third-order valence-corrected chi connectivity index (χ3v) is 6.80. The molecule has 1 aromatic heterocycles. The van der Waals surface area contributed by atoms with Crippen LogP contribution in [0.25, 0.3) is 6.08 Å². The van der Waals surface area contributed by atoms with Crippen LogP contribution in [0.2, 0.25) is 0 Å². The van der Waals surface area contributed by atoms with E-state index in [1.54, 1.807) is 26.0 Å². The van der Waals surface area contributed by atoms with Gasteiger partial charge in [0.15, 0.2) is 4.80 Å². The first-order valence-corrected chi connectivity index (χ1v) is 12.1. The molecule has 3 aromatic rings. The first kappa shape index (κ1) is 24.3. The number of carbonyl (C=O) groups is 1. The Bertz CT molecular complexity index is 1510. The van der Waals surface area contributed by atoms with Crippen molar-refractivity contribution in [2.75, 3.05) is 6.61 Å². The van der Waals surface area contributed by atoms with Crippen molar-refractivity contribution in [1.82, 2.24) is 4.57 Å². The van der Waals surface area contributed by atoms with E-state index in [4.69, 9.17) is 4.74 Å². The maximum absolute atomic E-state index is 13.6. The smallest absolute Gasteiger partial charge is 0.338 e. The summed E-state index contributed by atoms with van der Waals surface area (Å²) in [6.07, 6.45) is 1.79. The molecule has 0 radical (unpaired) electrons. The summed E-state index contributed by atoms with van der Waals surface area (Å²) in [6.45, 7) is 7.75. The highest BCUT2D eigenvalue weighted by atomic mass is 32.1. The second-order valence-corrected chi connectivity index (χ2v) is 9.48. The number of nitro benzene ring substituents is 1. The van der Waals surface area contributed by atoms with Gasteiger partial charge >= 0.3 is 5.97 Å². The predicted molar refractivity (Wildman–Crippen MR) is 134 cm³/mol. The molecule has 180 valence electrons. The van der Waals surface area contributed by atoms with E-state index in [-0.39, 0.29) is 23.4 Å². The van der Waals surface area contributed by atoms with Crippen LogP contribution in [0.3, 0.4) is 0 Å². The van der Waals surface area contributed by atoms with Crippen LogP contribution in [0, 0.1) is 10.1 Å². The molecule has 0 saturated heterocycles. The second kappa shape index (κ2) is 9.79. The summed E-state index contributed by atoms with van der Waals surface area (Å²) < 4.78 is 7.14. The number of aromatic nitrogens is 1. The van der Waals surface area contributed by atoms with E-state index >= 15 is 0 Å².